The Bertz CT molecular complexity index is 457. The molecule has 0 spiro atoms. The van der Waals surface area contributed by atoms with Crippen molar-refractivity contribution in [1.82, 2.24) is 0 Å². The lowest BCUT2D eigenvalue weighted by Gasteiger charge is -2.15. The molecule has 0 aliphatic heterocycles. The summed E-state index contributed by atoms with van der Waals surface area (Å²) in [4.78, 5) is 22.7. The summed E-state index contributed by atoms with van der Waals surface area (Å²) in [6, 6.07) is 6.11. The lowest BCUT2D eigenvalue weighted by Crippen LogP contribution is -2.39. The summed E-state index contributed by atoms with van der Waals surface area (Å²) in [5.74, 6) is -0.104. The van der Waals surface area contributed by atoms with Gasteiger partial charge in [-0.05, 0) is 30.2 Å². The quantitative estimate of drug-likeness (QED) is 0.763. The Kier molecular flexibility index (Phi) is 5.99. The van der Waals surface area contributed by atoms with E-state index in [4.69, 9.17) is 10.5 Å². The van der Waals surface area contributed by atoms with Gasteiger partial charge in [-0.1, -0.05) is 13.8 Å². The predicted octanol–water partition coefficient (Wildman–Crippen LogP) is 1.16. The highest BCUT2D eigenvalue weighted by atomic mass is 16.6. The molecule has 0 fully saturated rings. The van der Waals surface area contributed by atoms with Crippen LogP contribution in [0.5, 0.6) is 5.75 Å². The van der Waals surface area contributed by atoms with Crippen LogP contribution in [0.15, 0.2) is 24.3 Å². The number of methoxy groups -OCH3 is 1. The number of nitrogens with one attached hydrogen (secondary N) is 1. The first-order valence-corrected chi connectivity index (χ1v) is 6.30. The van der Waals surface area contributed by atoms with Crippen molar-refractivity contribution >= 4 is 17.6 Å². The van der Waals surface area contributed by atoms with Crippen molar-refractivity contribution < 1.29 is 19.1 Å². The van der Waals surface area contributed by atoms with Crippen molar-refractivity contribution in [2.75, 3.05) is 19.0 Å². The van der Waals surface area contributed by atoms with Crippen LogP contribution in [0.3, 0.4) is 0 Å². The summed E-state index contributed by atoms with van der Waals surface area (Å²) in [5, 5.41) is 2.72. The molecule has 1 atom stereocenters. The molecule has 0 saturated carbocycles. The van der Waals surface area contributed by atoms with E-state index in [1.54, 1.807) is 24.3 Å². The van der Waals surface area contributed by atoms with Crippen LogP contribution in [0.4, 0.5) is 5.69 Å². The van der Waals surface area contributed by atoms with Crippen molar-refractivity contribution in [3.8, 4) is 5.75 Å². The van der Waals surface area contributed by atoms with E-state index in [0.717, 1.165) is 0 Å². The van der Waals surface area contributed by atoms with Gasteiger partial charge in [0.2, 0.25) is 5.91 Å². The van der Waals surface area contributed by atoms with E-state index >= 15 is 0 Å². The van der Waals surface area contributed by atoms with E-state index in [1.807, 2.05) is 13.8 Å². The largest absolute Gasteiger partial charge is 0.482 e. The Labute approximate surface area is 118 Å². The fourth-order valence-electron chi connectivity index (χ4n) is 1.36. The summed E-state index contributed by atoms with van der Waals surface area (Å²) >= 11 is 0. The topological polar surface area (TPSA) is 90.6 Å². The van der Waals surface area contributed by atoms with Gasteiger partial charge >= 0.3 is 5.97 Å². The van der Waals surface area contributed by atoms with E-state index in [-0.39, 0.29) is 18.4 Å². The van der Waals surface area contributed by atoms with Crippen LogP contribution >= 0.6 is 0 Å². The molecule has 0 heterocycles. The summed E-state index contributed by atoms with van der Waals surface area (Å²) in [7, 11) is 1.29. The summed E-state index contributed by atoms with van der Waals surface area (Å²) in [6.45, 7) is 3.61. The van der Waals surface area contributed by atoms with Crippen molar-refractivity contribution in [3.05, 3.63) is 24.3 Å². The van der Waals surface area contributed by atoms with E-state index < -0.39 is 12.0 Å². The number of hydrogen-bond donors (Lipinski definition) is 2. The van der Waals surface area contributed by atoms with Crippen LogP contribution in [0.25, 0.3) is 0 Å². The average Bonchev–Trinajstić information content (AvgIpc) is 2.45. The fraction of sp³-hybridized carbons (Fsp3) is 0.429. The van der Waals surface area contributed by atoms with Gasteiger partial charge in [0.25, 0.3) is 0 Å². The van der Waals surface area contributed by atoms with Crippen LogP contribution in [0, 0.1) is 5.92 Å². The van der Waals surface area contributed by atoms with Crippen LogP contribution in [0.2, 0.25) is 0 Å². The molecule has 0 bridgehead atoms. The van der Waals surface area contributed by atoms with Crippen LogP contribution in [-0.2, 0) is 14.3 Å². The maximum Gasteiger partial charge on any atom is 0.343 e. The third kappa shape index (κ3) is 4.89. The Morgan fingerprint density at radius 1 is 1.25 bits per heavy atom. The predicted molar refractivity (Wildman–Crippen MR) is 75.4 cm³/mol. The first-order valence-electron chi connectivity index (χ1n) is 6.30. The molecule has 0 aliphatic carbocycles. The minimum absolute atomic E-state index is 0.0673. The monoisotopic (exact) mass is 280 g/mol. The lowest BCUT2D eigenvalue weighted by atomic mass is 10.1. The molecule has 0 radical (unpaired) electrons. The molecule has 6 nitrogen and oxygen atoms in total. The van der Waals surface area contributed by atoms with Crippen LogP contribution in [0.1, 0.15) is 13.8 Å². The van der Waals surface area contributed by atoms with Crippen LogP contribution < -0.4 is 15.8 Å². The number of esters is 1. The maximum absolute atomic E-state index is 11.8. The zero-order valence-corrected chi connectivity index (χ0v) is 11.9. The number of hydrogen-bond acceptors (Lipinski definition) is 5. The van der Waals surface area contributed by atoms with Gasteiger partial charge in [0, 0.05) is 5.69 Å². The molecule has 0 unspecified atom stereocenters. The van der Waals surface area contributed by atoms with Crippen LogP contribution in [-0.4, -0.2) is 31.6 Å². The molecule has 0 aromatic heterocycles. The molecule has 1 aromatic rings. The number of amides is 1. The van der Waals surface area contributed by atoms with Gasteiger partial charge in [-0.2, -0.15) is 0 Å². The zero-order chi connectivity index (χ0) is 15.1. The molecule has 0 saturated heterocycles. The molecular formula is C14H20N2O4. The highest BCUT2D eigenvalue weighted by molar-refractivity contribution is 5.94. The first kappa shape index (κ1) is 16.0. The van der Waals surface area contributed by atoms with Crippen molar-refractivity contribution in [1.29, 1.82) is 0 Å². The average molecular weight is 280 g/mol. The number of carbonyl (C=O) groups is 2. The smallest absolute Gasteiger partial charge is 0.343 e. The standard InChI is InChI=1S/C14H20N2O4/c1-9(2)13(15)14(18)16-10-4-6-11(7-5-10)20-8-12(17)19-3/h4-7,9,13H,8,15H2,1-3H3,(H,16,18)/t13-/m0/s1. The van der Waals surface area contributed by atoms with Gasteiger partial charge in [0.1, 0.15) is 5.75 Å². The lowest BCUT2D eigenvalue weighted by molar-refractivity contribution is -0.142. The maximum atomic E-state index is 11.8. The molecule has 20 heavy (non-hydrogen) atoms. The zero-order valence-electron chi connectivity index (χ0n) is 11.9. The van der Waals surface area contributed by atoms with Crippen molar-refractivity contribution in [3.63, 3.8) is 0 Å². The van der Waals surface area contributed by atoms with Gasteiger partial charge < -0.3 is 20.5 Å². The summed E-state index contributed by atoms with van der Waals surface area (Å²) in [5.41, 5.74) is 6.37. The van der Waals surface area contributed by atoms with Gasteiger partial charge in [0.15, 0.2) is 6.61 Å². The van der Waals surface area contributed by atoms with Gasteiger partial charge in [-0.25, -0.2) is 4.79 Å². The second kappa shape index (κ2) is 7.49. The minimum Gasteiger partial charge on any atom is -0.482 e. The normalized spacial score (nSPS) is 11.8. The number of ether oxygens (including phenoxy) is 2. The molecule has 1 rings (SSSR count). The van der Waals surface area contributed by atoms with Gasteiger partial charge in [-0.3, -0.25) is 4.79 Å². The molecule has 3 N–H and O–H groups in total. The van der Waals surface area contributed by atoms with Crippen molar-refractivity contribution in [2.24, 2.45) is 11.7 Å². The molecule has 1 amide bonds. The Hall–Kier alpha value is -2.08. The molecule has 1 aromatic carbocycles. The summed E-state index contributed by atoms with van der Waals surface area (Å²) < 4.78 is 9.65. The highest BCUT2D eigenvalue weighted by Gasteiger charge is 2.17. The van der Waals surface area contributed by atoms with E-state index in [9.17, 15) is 9.59 Å². The minimum atomic E-state index is -0.551. The second-order valence-corrected chi connectivity index (χ2v) is 4.65. The SMILES string of the molecule is COC(=O)COc1ccc(NC(=O)[C@@H](N)C(C)C)cc1. The number of anilines is 1. The summed E-state index contributed by atoms with van der Waals surface area (Å²) in [6.07, 6.45) is 0. The molecular weight excluding hydrogens is 260 g/mol. The van der Waals surface area contributed by atoms with Crippen molar-refractivity contribution in [2.45, 2.75) is 19.9 Å². The van der Waals surface area contributed by atoms with E-state index in [1.165, 1.54) is 7.11 Å². The number of carbonyl (C=O) groups excluding carboxylic acids is 2. The highest BCUT2D eigenvalue weighted by Crippen LogP contribution is 2.16. The number of nitrogens with two attached hydrogens (primary N) is 1. The van der Waals surface area contributed by atoms with Gasteiger partial charge in [-0.15, -0.1) is 0 Å². The third-order valence-electron chi connectivity index (χ3n) is 2.73. The number of benzene rings is 1. The first-order chi connectivity index (χ1) is 9.43. The Morgan fingerprint density at radius 2 is 1.85 bits per heavy atom. The van der Waals surface area contributed by atoms with Gasteiger partial charge in [0.05, 0.1) is 13.2 Å². The fourth-order valence-corrected chi connectivity index (χ4v) is 1.36. The third-order valence-corrected chi connectivity index (χ3v) is 2.73. The van der Waals surface area contributed by atoms with E-state index in [0.29, 0.717) is 11.4 Å². The number of rotatable bonds is 6. The second-order valence-electron chi connectivity index (χ2n) is 4.65. The molecule has 0 aliphatic rings. The Morgan fingerprint density at radius 3 is 2.35 bits per heavy atom. The Balaban J connectivity index is 2.54. The van der Waals surface area contributed by atoms with E-state index in [2.05, 4.69) is 10.1 Å². The molecule has 110 valence electrons. The molecule has 6 heteroatoms.